The Labute approximate surface area is 135 Å². The summed E-state index contributed by atoms with van der Waals surface area (Å²) in [7, 11) is 0. The van der Waals surface area contributed by atoms with Crippen molar-refractivity contribution in [2.75, 3.05) is 6.54 Å². The molecule has 0 heterocycles. The topological polar surface area (TPSA) is 69.6 Å². The second-order valence-corrected chi connectivity index (χ2v) is 5.92. The number of carboxylic acids is 1. The number of urea groups is 1. The van der Waals surface area contributed by atoms with Crippen LogP contribution in [-0.2, 0) is 11.3 Å². The predicted molar refractivity (Wildman–Crippen MR) is 84.5 cm³/mol. The summed E-state index contributed by atoms with van der Waals surface area (Å²) in [5.41, 5.74) is 0.866. The first kappa shape index (κ1) is 17.2. The standard InChI is InChI=1S/C17H23FN2O3/c18-14-8-6-13(7-9-14)12-20(15-4-2-1-3-5-15)17(23)19-11-10-16(21)22/h6-9,15H,1-5,10-12H2,(H,19,23)(H,21,22). The maximum Gasteiger partial charge on any atom is 0.317 e. The van der Waals surface area contributed by atoms with Crippen molar-refractivity contribution in [3.05, 3.63) is 35.6 Å². The lowest BCUT2D eigenvalue weighted by Crippen LogP contribution is -2.46. The Morgan fingerprint density at radius 2 is 1.83 bits per heavy atom. The van der Waals surface area contributed by atoms with Crippen LogP contribution in [0, 0.1) is 5.82 Å². The minimum atomic E-state index is -0.937. The molecule has 1 saturated carbocycles. The van der Waals surface area contributed by atoms with Crippen LogP contribution >= 0.6 is 0 Å². The predicted octanol–water partition coefficient (Wildman–Crippen LogP) is 3.14. The molecule has 0 spiro atoms. The molecule has 1 aromatic rings. The van der Waals surface area contributed by atoms with Gasteiger partial charge in [-0.15, -0.1) is 0 Å². The van der Waals surface area contributed by atoms with E-state index in [-0.39, 0.29) is 30.9 Å². The quantitative estimate of drug-likeness (QED) is 0.845. The molecule has 1 aromatic carbocycles. The summed E-state index contributed by atoms with van der Waals surface area (Å²) < 4.78 is 13.0. The Kier molecular flexibility index (Phi) is 6.38. The second kappa shape index (κ2) is 8.50. The molecule has 5 nitrogen and oxygen atoms in total. The summed E-state index contributed by atoms with van der Waals surface area (Å²) >= 11 is 0. The molecule has 0 aromatic heterocycles. The maximum atomic E-state index is 13.0. The van der Waals surface area contributed by atoms with Crippen molar-refractivity contribution in [1.29, 1.82) is 0 Å². The monoisotopic (exact) mass is 322 g/mol. The Hall–Kier alpha value is -2.11. The molecule has 126 valence electrons. The summed E-state index contributed by atoms with van der Waals surface area (Å²) in [4.78, 5) is 24.8. The summed E-state index contributed by atoms with van der Waals surface area (Å²) in [6.07, 6.45) is 5.17. The molecule has 6 heteroatoms. The van der Waals surface area contributed by atoms with Gasteiger partial charge in [0.1, 0.15) is 5.82 Å². The number of nitrogens with zero attached hydrogens (tertiary/aromatic N) is 1. The lowest BCUT2D eigenvalue weighted by atomic mass is 9.94. The maximum absolute atomic E-state index is 13.0. The van der Waals surface area contributed by atoms with Crippen LogP contribution in [0.3, 0.4) is 0 Å². The Morgan fingerprint density at radius 3 is 2.43 bits per heavy atom. The highest BCUT2D eigenvalue weighted by molar-refractivity contribution is 5.75. The van der Waals surface area contributed by atoms with Crippen molar-refractivity contribution in [3.8, 4) is 0 Å². The fourth-order valence-electron chi connectivity index (χ4n) is 2.92. The molecule has 1 aliphatic carbocycles. The van der Waals surface area contributed by atoms with Crippen LogP contribution in [0.1, 0.15) is 44.1 Å². The number of carboxylic acid groups (broad SMARTS) is 1. The Bertz CT molecular complexity index is 527. The summed E-state index contributed by atoms with van der Waals surface area (Å²) in [5, 5.41) is 11.3. The van der Waals surface area contributed by atoms with Crippen molar-refractivity contribution < 1.29 is 19.1 Å². The van der Waals surface area contributed by atoms with Gasteiger partial charge in [0.2, 0.25) is 0 Å². The zero-order valence-corrected chi connectivity index (χ0v) is 13.1. The van der Waals surface area contributed by atoms with E-state index in [0.29, 0.717) is 6.54 Å². The van der Waals surface area contributed by atoms with Crippen LogP contribution in [0.4, 0.5) is 9.18 Å². The van der Waals surface area contributed by atoms with E-state index < -0.39 is 5.97 Å². The molecule has 2 amide bonds. The van der Waals surface area contributed by atoms with Gasteiger partial charge in [-0.1, -0.05) is 31.4 Å². The number of aliphatic carboxylic acids is 1. The third-order valence-electron chi connectivity index (χ3n) is 4.16. The minimum absolute atomic E-state index is 0.0964. The number of amides is 2. The average molecular weight is 322 g/mol. The molecule has 0 aliphatic heterocycles. The van der Waals surface area contributed by atoms with Gasteiger partial charge in [-0.2, -0.15) is 0 Å². The van der Waals surface area contributed by atoms with Gasteiger partial charge < -0.3 is 15.3 Å². The normalized spacial score (nSPS) is 15.2. The molecule has 0 saturated heterocycles. The van der Waals surface area contributed by atoms with E-state index in [1.807, 2.05) is 0 Å². The fourth-order valence-corrected chi connectivity index (χ4v) is 2.92. The highest BCUT2D eigenvalue weighted by Crippen LogP contribution is 2.24. The molecular formula is C17H23FN2O3. The van der Waals surface area contributed by atoms with Crippen molar-refractivity contribution in [2.45, 2.75) is 51.1 Å². The van der Waals surface area contributed by atoms with E-state index in [1.165, 1.54) is 18.6 Å². The van der Waals surface area contributed by atoms with Crippen LogP contribution in [0.25, 0.3) is 0 Å². The second-order valence-electron chi connectivity index (χ2n) is 5.92. The molecule has 0 bridgehead atoms. The van der Waals surface area contributed by atoms with Crippen molar-refractivity contribution in [1.82, 2.24) is 10.2 Å². The van der Waals surface area contributed by atoms with E-state index in [0.717, 1.165) is 31.2 Å². The first-order valence-corrected chi connectivity index (χ1v) is 8.07. The number of nitrogens with one attached hydrogen (secondary N) is 1. The van der Waals surface area contributed by atoms with E-state index >= 15 is 0 Å². The van der Waals surface area contributed by atoms with Gasteiger partial charge in [-0.3, -0.25) is 4.79 Å². The van der Waals surface area contributed by atoms with Gasteiger partial charge in [-0.05, 0) is 30.5 Å². The van der Waals surface area contributed by atoms with Crippen LogP contribution in [-0.4, -0.2) is 34.6 Å². The lowest BCUT2D eigenvalue weighted by molar-refractivity contribution is -0.136. The smallest absolute Gasteiger partial charge is 0.317 e. The number of halogens is 1. The minimum Gasteiger partial charge on any atom is -0.481 e. The number of hydrogen-bond donors (Lipinski definition) is 2. The van der Waals surface area contributed by atoms with Crippen LogP contribution in [0.15, 0.2) is 24.3 Å². The molecular weight excluding hydrogens is 299 g/mol. The van der Waals surface area contributed by atoms with Gasteiger partial charge in [0.15, 0.2) is 0 Å². The van der Waals surface area contributed by atoms with Gasteiger partial charge in [-0.25, -0.2) is 9.18 Å². The third kappa shape index (κ3) is 5.54. The molecule has 1 fully saturated rings. The van der Waals surface area contributed by atoms with E-state index in [1.54, 1.807) is 17.0 Å². The molecule has 0 radical (unpaired) electrons. The highest BCUT2D eigenvalue weighted by Gasteiger charge is 2.25. The number of hydrogen-bond acceptors (Lipinski definition) is 2. The zero-order valence-electron chi connectivity index (χ0n) is 13.1. The summed E-state index contributed by atoms with van der Waals surface area (Å²) in [6, 6.07) is 6.03. The van der Waals surface area contributed by atoms with E-state index in [2.05, 4.69) is 5.32 Å². The Morgan fingerprint density at radius 1 is 1.17 bits per heavy atom. The van der Waals surface area contributed by atoms with E-state index in [4.69, 9.17) is 5.11 Å². The molecule has 2 N–H and O–H groups in total. The third-order valence-corrected chi connectivity index (χ3v) is 4.16. The molecule has 1 aliphatic rings. The van der Waals surface area contributed by atoms with Crippen LogP contribution < -0.4 is 5.32 Å². The molecule has 2 rings (SSSR count). The first-order valence-electron chi connectivity index (χ1n) is 8.07. The van der Waals surface area contributed by atoms with E-state index in [9.17, 15) is 14.0 Å². The van der Waals surface area contributed by atoms with Gasteiger partial charge >= 0.3 is 12.0 Å². The van der Waals surface area contributed by atoms with Crippen molar-refractivity contribution in [3.63, 3.8) is 0 Å². The van der Waals surface area contributed by atoms with Crippen LogP contribution in [0.2, 0.25) is 0 Å². The summed E-state index contributed by atoms with van der Waals surface area (Å²) in [6.45, 7) is 0.519. The largest absolute Gasteiger partial charge is 0.481 e. The fraction of sp³-hybridized carbons (Fsp3) is 0.529. The number of benzene rings is 1. The number of carbonyl (C=O) groups excluding carboxylic acids is 1. The average Bonchev–Trinajstić information content (AvgIpc) is 2.54. The first-order chi connectivity index (χ1) is 11.1. The zero-order chi connectivity index (χ0) is 16.7. The van der Waals surface area contributed by atoms with Crippen molar-refractivity contribution >= 4 is 12.0 Å². The van der Waals surface area contributed by atoms with Crippen LogP contribution in [0.5, 0.6) is 0 Å². The molecule has 0 unspecified atom stereocenters. The summed E-state index contributed by atoms with van der Waals surface area (Å²) in [5.74, 6) is -1.24. The highest BCUT2D eigenvalue weighted by atomic mass is 19.1. The van der Waals surface area contributed by atoms with Gasteiger partial charge in [0.05, 0.1) is 6.42 Å². The van der Waals surface area contributed by atoms with Crippen molar-refractivity contribution in [2.24, 2.45) is 0 Å². The molecule has 23 heavy (non-hydrogen) atoms. The Balaban J connectivity index is 2.02. The number of rotatable bonds is 6. The SMILES string of the molecule is O=C(O)CCNC(=O)N(Cc1ccc(F)cc1)C1CCCCC1. The lowest BCUT2D eigenvalue weighted by Gasteiger charge is -2.34. The molecule has 0 atom stereocenters. The number of carbonyl (C=O) groups is 2. The van der Waals surface area contributed by atoms with Gasteiger partial charge in [0, 0.05) is 19.1 Å². The van der Waals surface area contributed by atoms with Gasteiger partial charge in [0.25, 0.3) is 0 Å².